The minimum absolute atomic E-state index is 0.0643. The van der Waals surface area contributed by atoms with Gasteiger partial charge >= 0.3 is 0 Å². The van der Waals surface area contributed by atoms with Crippen LogP contribution in [0.25, 0.3) is 5.65 Å². The van der Waals surface area contributed by atoms with Crippen LogP contribution in [0.4, 0.5) is 5.69 Å². The molecule has 148 valence electrons. The molecule has 2 heterocycles. The van der Waals surface area contributed by atoms with Gasteiger partial charge in [0.25, 0.3) is 5.91 Å². The third-order valence-electron chi connectivity index (χ3n) is 4.63. The van der Waals surface area contributed by atoms with Crippen LogP contribution in [0.3, 0.4) is 0 Å². The number of amides is 1. The van der Waals surface area contributed by atoms with E-state index >= 15 is 0 Å². The highest BCUT2D eigenvalue weighted by Crippen LogP contribution is 2.25. The predicted octanol–water partition coefficient (Wildman–Crippen LogP) is 3.56. The van der Waals surface area contributed by atoms with E-state index in [2.05, 4.69) is 15.4 Å². The Kier molecular flexibility index (Phi) is 6.04. The molecule has 0 saturated heterocycles. The van der Waals surface area contributed by atoms with Crippen LogP contribution >= 0.6 is 11.6 Å². The molecule has 0 bridgehead atoms. The fourth-order valence-electron chi connectivity index (χ4n) is 2.85. The zero-order valence-electron chi connectivity index (χ0n) is 16.4. The summed E-state index contributed by atoms with van der Waals surface area (Å²) in [6.07, 6.45) is 2.37. The first-order chi connectivity index (χ1) is 13.4. The Bertz CT molecular complexity index is 971. The maximum atomic E-state index is 12.6. The van der Waals surface area contributed by atoms with Gasteiger partial charge in [-0.15, -0.1) is 0 Å². The minimum atomic E-state index is -0.222. The summed E-state index contributed by atoms with van der Waals surface area (Å²) in [5.41, 5.74) is 2.83. The average Bonchev–Trinajstić information content (AvgIpc) is 3.11. The molecule has 1 amide bonds. The van der Waals surface area contributed by atoms with Crippen LogP contribution in [0.5, 0.6) is 5.75 Å². The van der Waals surface area contributed by atoms with Crippen molar-refractivity contribution in [1.29, 1.82) is 0 Å². The lowest BCUT2D eigenvalue weighted by atomic mass is 10.2. The summed E-state index contributed by atoms with van der Waals surface area (Å²) in [7, 11) is 3.59. The molecule has 28 heavy (non-hydrogen) atoms. The maximum Gasteiger partial charge on any atom is 0.271 e. The van der Waals surface area contributed by atoms with Crippen molar-refractivity contribution in [2.75, 3.05) is 19.1 Å². The van der Waals surface area contributed by atoms with Gasteiger partial charge in [0.2, 0.25) is 0 Å². The molecule has 0 aliphatic rings. The number of anilines is 1. The van der Waals surface area contributed by atoms with Gasteiger partial charge in [0.05, 0.1) is 19.0 Å². The molecule has 8 heteroatoms. The third kappa shape index (κ3) is 4.20. The fraction of sp³-hybridized carbons (Fsp3) is 0.350. The van der Waals surface area contributed by atoms with Gasteiger partial charge in [-0.2, -0.15) is 5.10 Å². The number of carbonyl (C=O) groups is 1. The molecule has 2 aromatic heterocycles. The molecule has 7 nitrogen and oxygen atoms in total. The molecule has 0 fully saturated rings. The van der Waals surface area contributed by atoms with Crippen molar-refractivity contribution in [3.8, 4) is 5.75 Å². The molecule has 0 spiro atoms. The largest absolute Gasteiger partial charge is 0.497 e. The number of ether oxygens (including phenoxy) is 1. The van der Waals surface area contributed by atoms with Gasteiger partial charge in [-0.25, -0.2) is 9.50 Å². The standard InChI is InChI=1S/C20H24ClN5O2/c1-5-13(2)23-20(27)17-11-22-19-16(10-18(21)24-26(17)19)25(3)12-14-6-8-15(28-4)9-7-14/h6-11,13H,5,12H2,1-4H3,(H,23,27)/t13-/m0/s1. The highest BCUT2D eigenvalue weighted by molar-refractivity contribution is 6.29. The molecule has 0 aliphatic carbocycles. The first kappa shape index (κ1) is 19.9. The van der Waals surface area contributed by atoms with Crippen LogP contribution in [-0.4, -0.2) is 40.7 Å². The Balaban J connectivity index is 1.91. The number of benzene rings is 1. The Morgan fingerprint density at radius 3 is 2.71 bits per heavy atom. The Morgan fingerprint density at radius 2 is 2.07 bits per heavy atom. The van der Waals surface area contributed by atoms with Gasteiger partial charge in [-0.3, -0.25) is 4.79 Å². The molecule has 0 aliphatic heterocycles. The van der Waals surface area contributed by atoms with Crippen LogP contribution in [0.1, 0.15) is 36.3 Å². The number of hydrogen-bond donors (Lipinski definition) is 1. The highest BCUT2D eigenvalue weighted by atomic mass is 35.5. The number of rotatable bonds is 7. The first-order valence-electron chi connectivity index (χ1n) is 9.12. The summed E-state index contributed by atoms with van der Waals surface area (Å²) in [6.45, 7) is 4.61. The van der Waals surface area contributed by atoms with Crippen molar-refractivity contribution < 1.29 is 9.53 Å². The summed E-state index contributed by atoms with van der Waals surface area (Å²) in [5.74, 6) is 0.589. The zero-order valence-corrected chi connectivity index (χ0v) is 17.2. The number of nitrogens with one attached hydrogen (secondary N) is 1. The molecule has 0 saturated carbocycles. The van der Waals surface area contributed by atoms with Gasteiger partial charge in [0.1, 0.15) is 5.75 Å². The minimum Gasteiger partial charge on any atom is -0.497 e. The third-order valence-corrected chi connectivity index (χ3v) is 4.82. The second-order valence-electron chi connectivity index (χ2n) is 6.72. The van der Waals surface area contributed by atoms with Gasteiger partial charge in [0, 0.05) is 25.7 Å². The van der Waals surface area contributed by atoms with E-state index in [-0.39, 0.29) is 11.9 Å². The summed E-state index contributed by atoms with van der Waals surface area (Å²) in [4.78, 5) is 19.0. The second-order valence-corrected chi connectivity index (χ2v) is 7.11. The molecular formula is C20H24ClN5O2. The molecule has 1 N–H and O–H groups in total. The van der Waals surface area contributed by atoms with Crippen molar-refractivity contribution in [1.82, 2.24) is 19.9 Å². The summed E-state index contributed by atoms with van der Waals surface area (Å²) in [5, 5.41) is 7.50. The number of imidazole rings is 1. The van der Waals surface area contributed by atoms with E-state index in [9.17, 15) is 4.79 Å². The fourth-order valence-corrected chi connectivity index (χ4v) is 3.03. The van der Waals surface area contributed by atoms with Crippen molar-refractivity contribution in [2.45, 2.75) is 32.9 Å². The molecule has 1 aromatic carbocycles. The van der Waals surface area contributed by atoms with Gasteiger partial charge < -0.3 is 15.0 Å². The lowest BCUT2D eigenvalue weighted by molar-refractivity contribution is 0.0932. The van der Waals surface area contributed by atoms with Crippen LogP contribution < -0.4 is 15.0 Å². The highest BCUT2D eigenvalue weighted by Gasteiger charge is 2.19. The van der Waals surface area contributed by atoms with E-state index < -0.39 is 0 Å². The van der Waals surface area contributed by atoms with E-state index in [0.717, 1.165) is 23.4 Å². The summed E-state index contributed by atoms with van der Waals surface area (Å²) < 4.78 is 6.70. The molecule has 0 radical (unpaired) electrons. The predicted molar refractivity (Wildman–Crippen MR) is 110 cm³/mol. The van der Waals surface area contributed by atoms with E-state index in [4.69, 9.17) is 16.3 Å². The molecular weight excluding hydrogens is 378 g/mol. The number of fused-ring (bicyclic) bond motifs is 1. The van der Waals surface area contributed by atoms with Gasteiger partial charge in [0.15, 0.2) is 16.5 Å². The van der Waals surface area contributed by atoms with E-state index in [1.807, 2.05) is 50.1 Å². The molecule has 0 unspecified atom stereocenters. The van der Waals surface area contributed by atoms with Crippen molar-refractivity contribution in [3.05, 3.63) is 52.9 Å². The first-order valence-corrected chi connectivity index (χ1v) is 9.50. The van der Waals surface area contributed by atoms with Gasteiger partial charge in [-0.1, -0.05) is 30.7 Å². The summed E-state index contributed by atoms with van der Waals surface area (Å²) >= 11 is 6.24. The Hall–Kier alpha value is -2.80. The monoisotopic (exact) mass is 401 g/mol. The Morgan fingerprint density at radius 1 is 1.36 bits per heavy atom. The second kappa shape index (κ2) is 8.48. The van der Waals surface area contributed by atoms with E-state index in [1.165, 1.54) is 10.7 Å². The number of hydrogen-bond acceptors (Lipinski definition) is 5. The van der Waals surface area contributed by atoms with Crippen molar-refractivity contribution in [2.24, 2.45) is 0 Å². The number of nitrogens with zero attached hydrogens (tertiary/aromatic N) is 4. The number of halogens is 1. The number of aromatic nitrogens is 3. The van der Waals surface area contributed by atoms with Crippen LogP contribution in [0.15, 0.2) is 36.5 Å². The number of methoxy groups -OCH3 is 1. The number of carbonyl (C=O) groups excluding carboxylic acids is 1. The molecule has 1 atom stereocenters. The quantitative estimate of drug-likeness (QED) is 0.655. The van der Waals surface area contributed by atoms with E-state index in [1.54, 1.807) is 13.2 Å². The normalized spacial score (nSPS) is 12.0. The zero-order chi connectivity index (χ0) is 20.3. The van der Waals surface area contributed by atoms with Crippen LogP contribution in [0, 0.1) is 0 Å². The SMILES string of the molecule is CC[C@H](C)NC(=O)c1cnc2c(N(C)Cc3ccc(OC)cc3)cc(Cl)nn12. The molecule has 3 rings (SSSR count). The average molecular weight is 402 g/mol. The lowest BCUT2D eigenvalue weighted by Crippen LogP contribution is -2.33. The van der Waals surface area contributed by atoms with Crippen molar-refractivity contribution in [3.63, 3.8) is 0 Å². The van der Waals surface area contributed by atoms with Crippen molar-refractivity contribution >= 4 is 28.8 Å². The lowest BCUT2D eigenvalue weighted by Gasteiger charge is -2.20. The smallest absolute Gasteiger partial charge is 0.271 e. The van der Waals surface area contributed by atoms with Crippen LogP contribution in [-0.2, 0) is 6.54 Å². The maximum absolute atomic E-state index is 12.6. The van der Waals surface area contributed by atoms with Gasteiger partial charge in [-0.05, 0) is 31.0 Å². The topological polar surface area (TPSA) is 71.8 Å². The van der Waals surface area contributed by atoms with Crippen LogP contribution in [0.2, 0.25) is 5.15 Å². The molecule has 3 aromatic rings. The Labute approximate surface area is 169 Å². The summed E-state index contributed by atoms with van der Waals surface area (Å²) in [6, 6.07) is 9.67. The van der Waals surface area contributed by atoms with E-state index in [0.29, 0.717) is 23.0 Å².